The number of anilines is 1. The first-order valence-corrected chi connectivity index (χ1v) is 4.86. The fourth-order valence-electron chi connectivity index (χ4n) is 0.714. The molecular weight excluding hydrogens is 257 g/mol. The van der Waals surface area contributed by atoms with Gasteiger partial charge < -0.3 is 10.4 Å². The number of nitrogens with zero attached hydrogens (tertiary/aromatic N) is 2. The van der Waals surface area contributed by atoms with Crippen molar-refractivity contribution in [3.8, 4) is 0 Å². The molecule has 1 unspecified atom stereocenters. The van der Waals surface area contributed by atoms with E-state index < -0.39 is 6.10 Å². The van der Waals surface area contributed by atoms with E-state index in [0.29, 0.717) is 12.4 Å². The fraction of sp³-hybridized carbons (Fsp3) is 0.429. The molecule has 1 atom stereocenters. The van der Waals surface area contributed by atoms with Crippen LogP contribution in [0.2, 0.25) is 5.28 Å². The molecule has 0 aromatic carbocycles. The molecule has 0 amide bonds. The van der Waals surface area contributed by atoms with Gasteiger partial charge in [0.1, 0.15) is 5.82 Å². The highest BCUT2D eigenvalue weighted by atomic mass is 79.9. The maximum Gasteiger partial charge on any atom is 0.224 e. The first-order valence-electron chi connectivity index (χ1n) is 3.69. The topological polar surface area (TPSA) is 58.0 Å². The van der Waals surface area contributed by atoms with Gasteiger partial charge in [0.15, 0.2) is 0 Å². The van der Waals surface area contributed by atoms with Crippen LogP contribution in [-0.4, -0.2) is 27.7 Å². The van der Waals surface area contributed by atoms with Gasteiger partial charge in [-0.3, -0.25) is 0 Å². The molecule has 0 aliphatic heterocycles. The molecule has 0 saturated heterocycles. The smallest absolute Gasteiger partial charge is 0.224 e. The molecule has 6 heteroatoms. The highest BCUT2D eigenvalue weighted by Gasteiger charge is 2.03. The third kappa shape index (κ3) is 3.46. The predicted octanol–water partition coefficient (Wildman–Crippen LogP) is 1.69. The van der Waals surface area contributed by atoms with E-state index in [0.717, 1.165) is 4.47 Å². The molecule has 0 aliphatic carbocycles. The molecule has 0 aliphatic rings. The van der Waals surface area contributed by atoms with Gasteiger partial charge >= 0.3 is 0 Å². The number of rotatable bonds is 3. The van der Waals surface area contributed by atoms with Crippen LogP contribution < -0.4 is 5.32 Å². The minimum atomic E-state index is -0.430. The summed E-state index contributed by atoms with van der Waals surface area (Å²) < 4.78 is 0.720. The van der Waals surface area contributed by atoms with E-state index in [-0.39, 0.29) is 5.28 Å². The summed E-state index contributed by atoms with van der Waals surface area (Å²) >= 11 is 8.84. The van der Waals surface area contributed by atoms with E-state index in [4.69, 9.17) is 16.7 Å². The van der Waals surface area contributed by atoms with Gasteiger partial charge in [-0.2, -0.15) is 4.98 Å². The third-order valence-electron chi connectivity index (χ3n) is 1.28. The van der Waals surface area contributed by atoms with Crippen LogP contribution in [0.4, 0.5) is 5.82 Å². The van der Waals surface area contributed by atoms with Crippen LogP contribution in [0.3, 0.4) is 0 Å². The summed E-state index contributed by atoms with van der Waals surface area (Å²) in [6.45, 7) is 2.11. The Kier molecular flexibility index (Phi) is 3.90. The minimum absolute atomic E-state index is 0.177. The van der Waals surface area contributed by atoms with E-state index in [2.05, 4.69) is 31.2 Å². The second kappa shape index (κ2) is 4.74. The first kappa shape index (κ1) is 10.7. The van der Waals surface area contributed by atoms with E-state index in [9.17, 15) is 0 Å². The average molecular weight is 267 g/mol. The van der Waals surface area contributed by atoms with Gasteiger partial charge in [-0.05, 0) is 34.5 Å². The monoisotopic (exact) mass is 265 g/mol. The molecule has 0 bridgehead atoms. The number of halogens is 2. The third-order valence-corrected chi connectivity index (χ3v) is 2.04. The predicted molar refractivity (Wildman–Crippen MR) is 54.9 cm³/mol. The molecule has 0 saturated carbocycles. The maximum atomic E-state index is 9.02. The van der Waals surface area contributed by atoms with Gasteiger partial charge in [-0.15, -0.1) is 0 Å². The highest BCUT2D eigenvalue weighted by Crippen LogP contribution is 2.19. The lowest BCUT2D eigenvalue weighted by molar-refractivity contribution is 0.208. The van der Waals surface area contributed by atoms with E-state index >= 15 is 0 Å². The van der Waals surface area contributed by atoms with Crippen molar-refractivity contribution in [2.24, 2.45) is 0 Å². The Morgan fingerprint density at radius 2 is 2.46 bits per heavy atom. The van der Waals surface area contributed by atoms with Gasteiger partial charge in [-0.1, -0.05) is 0 Å². The van der Waals surface area contributed by atoms with Crippen molar-refractivity contribution in [3.63, 3.8) is 0 Å². The standard InChI is InChI=1S/C7H9BrClN3O/c1-4(13)2-10-6-5(8)3-11-7(9)12-6/h3-4,13H,2H2,1H3,(H,10,11,12). The van der Waals surface area contributed by atoms with E-state index in [1.165, 1.54) is 0 Å². The molecule has 2 N–H and O–H groups in total. The summed E-state index contributed by atoms with van der Waals surface area (Å²) in [4.78, 5) is 7.70. The summed E-state index contributed by atoms with van der Waals surface area (Å²) in [6.07, 6.45) is 1.13. The molecule has 1 aromatic rings. The molecule has 72 valence electrons. The Morgan fingerprint density at radius 3 is 3.08 bits per heavy atom. The lowest BCUT2D eigenvalue weighted by Gasteiger charge is -2.08. The maximum absolute atomic E-state index is 9.02. The van der Waals surface area contributed by atoms with Crippen LogP contribution in [0.15, 0.2) is 10.7 Å². The zero-order valence-corrected chi connectivity index (χ0v) is 9.30. The normalized spacial score (nSPS) is 12.6. The second-order valence-electron chi connectivity index (χ2n) is 2.57. The van der Waals surface area contributed by atoms with Gasteiger partial charge in [0.2, 0.25) is 5.28 Å². The van der Waals surface area contributed by atoms with Crippen LogP contribution in [0.5, 0.6) is 0 Å². The zero-order valence-electron chi connectivity index (χ0n) is 6.96. The Balaban J connectivity index is 2.70. The molecular formula is C7H9BrClN3O. The number of aliphatic hydroxyl groups excluding tert-OH is 1. The summed E-state index contributed by atoms with van der Waals surface area (Å²) in [6, 6.07) is 0. The summed E-state index contributed by atoms with van der Waals surface area (Å²) in [5.41, 5.74) is 0. The van der Waals surface area contributed by atoms with Crippen LogP contribution in [-0.2, 0) is 0 Å². The highest BCUT2D eigenvalue weighted by molar-refractivity contribution is 9.10. The number of aromatic nitrogens is 2. The first-order chi connectivity index (χ1) is 6.09. The van der Waals surface area contributed by atoms with Crippen LogP contribution in [0.1, 0.15) is 6.92 Å². The van der Waals surface area contributed by atoms with Crippen molar-refractivity contribution < 1.29 is 5.11 Å². The lowest BCUT2D eigenvalue weighted by Crippen LogP contribution is -2.16. The second-order valence-corrected chi connectivity index (χ2v) is 3.76. The molecule has 1 aromatic heterocycles. The van der Waals surface area contributed by atoms with Crippen molar-refractivity contribution in [3.05, 3.63) is 16.0 Å². The molecule has 4 nitrogen and oxygen atoms in total. The number of hydrogen-bond acceptors (Lipinski definition) is 4. The molecule has 0 fully saturated rings. The molecule has 1 heterocycles. The van der Waals surface area contributed by atoms with Gasteiger partial charge in [0.25, 0.3) is 0 Å². The van der Waals surface area contributed by atoms with Crippen molar-refractivity contribution in [1.29, 1.82) is 0 Å². The fourth-order valence-corrected chi connectivity index (χ4v) is 1.18. The van der Waals surface area contributed by atoms with E-state index in [1.54, 1.807) is 13.1 Å². The van der Waals surface area contributed by atoms with Crippen molar-refractivity contribution in [1.82, 2.24) is 9.97 Å². The number of aliphatic hydroxyl groups is 1. The summed E-state index contributed by atoms with van der Waals surface area (Å²) in [5, 5.41) is 12.1. The van der Waals surface area contributed by atoms with Crippen LogP contribution in [0.25, 0.3) is 0 Å². The van der Waals surface area contributed by atoms with Crippen molar-refractivity contribution in [2.75, 3.05) is 11.9 Å². The number of hydrogen-bond donors (Lipinski definition) is 2. The lowest BCUT2D eigenvalue weighted by atomic mass is 10.4. The van der Waals surface area contributed by atoms with Crippen LogP contribution in [0, 0.1) is 0 Å². The quantitative estimate of drug-likeness (QED) is 0.818. The van der Waals surface area contributed by atoms with E-state index in [1.807, 2.05) is 0 Å². The molecule has 0 spiro atoms. The van der Waals surface area contributed by atoms with Gasteiger partial charge in [0, 0.05) is 12.7 Å². The minimum Gasteiger partial charge on any atom is -0.392 e. The van der Waals surface area contributed by atoms with Gasteiger partial charge in [-0.25, -0.2) is 4.98 Å². The molecule has 13 heavy (non-hydrogen) atoms. The van der Waals surface area contributed by atoms with Crippen molar-refractivity contribution in [2.45, 2.75) is 13.0 Å². The Hall–Kier alpha value is -0.390. The molecule has 1 rings (SSSR count). The van der Waals surface area contributed by atoms with Crippen molar-refractivity contribution >= 4 is 33.3 Å². The van der Waals surface area contributed by atoms with Gasteiger partial charge in [0.05, 0.1) is 10.6 Å². The van der Waals surface area contributed by atoms with Crippen LogP contribution >= 0.6 is 27.5 Å². The summed E-state index contributed by atoms with van der Waals surface area (Å²) in [7, 11) is 0. The SMILES string of the molecule is CC(O)CNc1nc(Cl)ncc1Br. The zero-order chi connectivity index (χ0) is 9.84. The number of nitrogens with one attached hydrogen (secondary N) is 1. The Morgan fingerprint density at radius 1 is 1.77 bits per heavy atom. The Bertz CT molecular complexity index is 295. The largest absolute Gasteiger partial charge is 0.392 e. The molecule has 0 radical (unpaired) electrons. The Labute approximate surface area is 89.5 Å². The summed E-state index contributed by atoms with van der Waals surface area (Å²) in [5.74, 6) is 0.584. The average Bonchev–Trinajstić information content (AvgIpc) is 2.06.